The molecule has 9 heavy (non-hydrogen) atoms. The highest BCUT2D eigenvalue weighted by atomic mass is 79.9. The minimum atomic E-state index is -0.526. The highest BCUT2D eigenvalue weighted by Gasteiger charge is 2.40. The normalized spacial score (nSPS) is 34.9. The van der Waals surface area contributed by atoms with E-state index < -0.39 is 21.6 Å². The Bertz CT molecular complexity index is 149. The van der Waals surface area contributed by atoms with Crippen LogP contribution in [0.3, 0.4) is 0 Å². The molecular formula is C4H2Br2O3. The molecule has 5 heteroatoms. The molecule has 1 aliphatic heterocycles. The molecule has 1 aliphatic rings. The van der Waals surface area contributed by atoms with E-state index in [0.29, 0.717) is 0 Å². The monoisotopic (exact) mass is 256 g/mol. The molecule has 0 radical (unpaired) electrons. The number of hydrogen-bond donors (Lipinski definition) is 0. The van der Waals surface area contributed by atoms with Gasteiger partial charge < -0.3 is 4.74 Å². The van der Waals surface area contributed by atoms with Gasteiger partial charge in [0.05, 0.1) is 0 Å². The van der Waals surface area contributed by atoms with Crippen LogP contribution in [0.15, 0.2) is 0 Å². The van der Waals surface area contributed by atoms with Gasteiger partial charge in [-0.2, -0.15) is 0 Å². The van der Waals surface area contributed by atoms with Crippen LogP contribution in [0.5, 0.6) is 0 Å². The Hall–Kier alpha value is 0.1000. The molecule has 0 bridgehead atoms. The van der Waals surface area contributed by atoms with Crippen LogP contribution in [0, 0.1) is 0 Å². The van der Waals surface area contributed by atoms with Crippen molar-refractivity contribution in [1.29, 1.82) is 0 Å². The van der Waals surface area contributed by atoms with E-state index in [1.807, 2.05) is 0 Å². The summed E-state index contributed by atoms with van der Waals surface area (Å²) < 4.78 is 4.21. The van der Waals surface area contributed by atoms with E-state index in [-0.39, 0.29) is 0 Å². The van der Waals surface area contributed by atoms with Crippen LogP contribution in [-0.4, -0.2) is 21.6 Å². The maximum absolute atomic E-state index is 10.5. The second-order valence-corrected chi connectivity index (χ2v) is 3.52. The quantitative estimate of drug-likeness (QED) is 0.363. The summed E-state index contributed by atoms with van der Waals surface area (Å²) in [7, 11) is 0. The molecule has 3 nitrogen and oxygen atoms in total. The van der Waals surface area contributed by atoms with Crippen LogP contribution in [0.25, 0.3) is 0 Å². The van der Waals surface area contributed by atoms with Crippen LogP contribution < -0.4 is 0 Å². The van der Waals surface area contributed by atoms with Crippen LogP contribution in [-0.2, 0) is 14.3 Å². The van der Waals surface area contributed by atoms with Crippen molar-refractivity contribution in [2.45, 2.75) is 9.65 Å². The molecule has 1 rings (SSSR count). The number of ether oxygens (including phenoxy) is 1. The van der Waals surface area contributed by atoms with Gasteiger partial charge in [0.1, 0.15) is 9.65 Å². The maximum atomic E-state index is 10.5. The molecule has 2 atom stereocenters. The van der Waals surface area contributed by atoms with Crippen LogP contribution in [0.1, 0.15) is 0 Å². The SMILES string of the molecule is O=C1OC(=O)[C@H](Br)[C@H]1Br. The maximum Gasteiger partial charge on any atom is 0.329 e. The van der Waals surface area contributed by atoms with Gasteiger partial charge in [0.2, 0.25) is 0 Å². The first kappa shape index (κ1) is 7.21. The van der Waals surface area contributed by atoms with Gasteiger partial charge in [-0.05, 0) is 0 Å². The summed E-state index contributed by atoms with van der Waals surface area (Å²) in [5.41, 5.74) is 0. The van der Waals surface area contributed by atoms with Crippen LogP contribution >= 0.6 is 31.9 Å². The molecule has 0 aliphatic carbocycles. The minimum absolute atomic E-state index is 0.523. The third-order valence-corrected chi connectivity index (χ3v) is 3.42. The van der Waals surface area contributed by atoms with Crippen molar-refractivity contribution in [3.8, 4) is 0 Å². The summed E-state index contributed by atoms with van der Waals surface area (Å²) >= 11 is 5.93. The Morgan fingerprint density at radius 2 is 1.44 bits per heavy atom. The lowest BCUT2D eigenvalue weighted by Gasteiger charge is -1.92. The number of esters is 2. The fraction of sp³-hybridized carbons (Fsp3) is 0.500. The summed E-state index contributed by atoms with van der Waals surface area (Å²) in [6, 6.07) is 0. The number of carbonyl (C=O) groups excluding carboxylic acids is 2. The van der Waals surface area contributed by atoms with Gasteiger partial charge >= 0.3 is 11.9 Å². The standard InChI is InChI=1S/C4H2Br2O3/c5-1-2(6)4(8)9-3(1)7/h1-2H/t1-,2-/m1/s1. The van der Waals surface area contributed by atoms with Gasteiger partial charge in [-0.3, -0.25) is 9.59 Å². The molecule has 50 valence electrons. The largest absolute Gasteiger partial charge is 0.391 e. The average molecular weight is 258 g/mol. The molecule has 0 aromatic heterocycles. The molecule has 0 N–H and O–H groups in total. The molecule has 1 heterocycles. The lowest BCUT2D eigenvalue weighted by atomic mass is 10.4. The highest BCUT2D eigenvalue weighted by molar-refractivity contribution is 9.12. The summed E-state index contributed by atoms with van der Waals surface area (Å²) in [4.78, 5) is 19.9. The van der Waals surface area contributed by atoms with E-state index in [0.717, 1.165) is 0 Å². The summed E-state index contributed by atoms with van der Waals surface area (Å²) in [5, 5.41) is 0. The zero-order valence-corrected chi connectivity index (χ0v) is 7.31. The van der Waals surface area contributed by atoms with Gasteiger partial charge in [-0.1, -0.05) is 31.9 Å². The number of alkyl halides is 2. The van der Waals surface area contributed by atoms with Crippen molar-refractivity contribution in [1.82, 2.24) is 0 Å². The Morgan fingerprint density at radius 3 is 1.56 bits per heavy atom. The van der Waals surface area contributed by atoms with E-state index in [4.69, 9.17) is 0 Å². The zero-order valence-electron chi connectivity index (χ0n) is 4.14. The van der Waals surface area contributed by atoms with E-state index >= 15 is 0 Å². The molecule has 0 aromatic carbocycles. The lowest BCUT2D eigenvalue weighted by molar-refractivity contribution is -0.151. The fourth-order valence-corrected chi connectivity index (χ4v) is 1.07. The van der Waals surface area contributed by atoms with Gasteiger partial charge in [0.15, 0.2) is 0 Å². The Morgan fingerprint density at radius 1 is 1.11 bits per heavy atom. The number of carbonyl (C=O) groups is 2. The third kappa shape index (κ3) is 1.16. The first-order chi connectivity index (χ1) is 4.13. The second kappa shape index (κ2) is 2.38. The average Bonchev–Trinajstić information content (AvgIpc) is 1.98. The number of halogens is 2. The molecule has 1 saturated heterocycles. The van der Waals surface area contributed by atoms with Crippen molar-refractivity contribution < 1.29 is 14.3 Å². The highest BCUT2D eigenvalue weighted by Crippen LogP contribution is 2.23. The number of rotatable bonds is 0. The van der Waals surface area contributed by atoms with Gasteiger partial charge in [-0.25, -0.2) is 0 Å². The van der Waals surface area contributed by atoms with E-state index in [1.165, 1.54) is 0 Å². The molecule has 0 saturated carbocycles. The fourth-order valence-electron chi connectivity index (χ4n) is 0.451. The first-order valence-corrected chi connectivity index (χ1v) is 3.99. The molecule has 0 aromatic rings. The van der Waals surface area contributed by atoms with Gasteiger partial charge in [0.25, 0.3) is 0 Å². The van der Waals surface area contributed by atoms with Crippen LogP contribution in [0.4, 0.5) is 0 Å². The topological polar surface area (TPSA) is 43.4 Å². The Labute approximate surface area is 68.0 Å². The zero-order chi connectivity index (χ0) is 7.02. The van der Waals surface area contributed by atoms with Crippen molar-refractivity contribution in [2.24, 2.45) is 0 Å². The predicted molar refractivity (Wildman–Crippen MR) is 36.5 cm³/mol. The Kier molecular flexibility index (Phi) is 1.91. The molecule has 0 unspecified atom stereocenters. The summed E-state index contributed by atoms with van der Waals surface area (Å²) in [6.45, 7) is 0. The lowest BCUT2D eigenvalue weighted by Crippen LogP contribution is -2.15. The molecule has 0 spiro atoms. The first-order valence-electron chi connectivity index (χ1n) is 2.16. The van der Waals surface area contributed by atoms with Crippen LogP contribution in [0.2, 0.25) is 0 Å². The van der Waals surface area contributed by atoms with Crippen molar-refractivity contribution >= 4 is 43.8 Å². The van der Waals surface area contributed by atoms with E-state index in [2.05, 4.69) is 36.6 Å². The minimum Gasteiger partial charge on any atom is -0.391 e. The van der Waals surface area contributed by atoms with Crippen molar-refractivity contribution in [2.75, 3.05) is 0 Å². The molecular weight excluding hydrogens is 256 g/mol. The Balaban J connectivity index is 2.77. The number of cyclic esters (lactones) is 2. The summed E-state index contributed by atoms with van der Waals surface area (Å²) in [6.07, 6.45) is 0. The second-order valence-electron chi connectivity index (χ2n) is 1.54. The molecule has 1 fully saturated rings. The van der Waals surface area contributed by atoms with E-state index in [9.17, 15) is 9.59 Å². The number of hydrogen-bond acceptors (Lipinski definition) is 3. The van der Waals surface area contributed by atoms with Crippen molar-refractivity contribution in [3.05, 3.63) is 0 Å². The van der Waals surface area contributed by atoms with Crippen molar-refractivity contribution in [3.63, 3.8) is 0 Å². The smallest absolute Gasteiger partial charge is 0.329 e. The summed E-state index contributed by atoms with van der Waals surface area (Å²) in [5.74, 6) is -1.05. The van der Waals surface area contributed by atoms with Gasteiger partial charge in [0, 0.05) is 0 Å². The molecule has 0 amide bonds. The van der Waals surface area contributed by atoms with E-state index in [1.54, 1.807) is 0 Å². The predicted octanol–water partition coefficient (Wildman–Crippen LogP) is 0.597. The van der Waals surface area contributed by atoms with Gasteiger partial charge in [-0.15, -0.1) is 0 Å². The third-order valence-electron chi connectivity index (χ3n) is 0.908.